The second-order valence-electron chi connectivity index (χ2n) is 4.68. The molecule has 1 saturated heterocycles. The van der Waals surface area contributed by atoms with Crippen LogP contribution in [0.2, 0.25) is 0 Å². The summed E-state index contributed by atoms with van der Waals surface area (Å²) in [5, 5.41) is 7.73. The van der Waals surface area contributed by atoms with Gasteiger partial charge in [-0.1, -0.05) is 0 Å². The van der Waals surface area contributed by atoms with Gasteiger partial charge in [0.1, 0.15) is 0 Å². The molecule has 1 unspecified atom stereocenters. The van der Waals surface area contributed by atoms with Crippen LogP contribution in [-0.4, -0.2) is 34.2 Å². The fourth-order valence-corrected chi connectivity index (χ4v) is 2.67. The van der Waals surface area contributed by atoms with E-state index in [0.29, 0.717) is 12.0 Å². The highest BCUT2D eigenvalue weighted by molar-refractivity contribution is 5.17. The lowest BCUT2D eigenvalue weighted by molar-refractivity contribution is 0.238. The first kappa shape index (κ1) is 8.41. The van der Waals surface area contributed by atoms with Crippen LogP contribution in [0.3, 0.4) is 0 Å². The molecule has 0 bridgehead atoms. The topological polar surface area (TPSA) is 42.2 Å². The van der Waals surface area contributed by atoms with Gasteiger partial charge in [-0.3, -0.25) is 0 Å². The molecule has 76 valence electrons. The molecular formula is C10H15N3O. The van der Waals surface area contributed by atoms with Crippen LogP contribution < -0.4 is 0 Å². The highest BCUT2D eigenvalue weighted by Gasteiger charge is 2.58. The van der Waals surface area contributed by atoms with Gasteiger partial charge in [0, 0.05) is 25.0 Å². The fourth-order valence-electron chi connectivity index (χ4n) is 2.67. The first-order valence-corrected chi connectivity index (χ1v) is 5.27. The van der Waals surface area contributed by atoms with Crippen molar-refractivity contribution in [3.8, 4) is 0 Å². The molecule has 1 saturated carbocycles. The maximum absolute atomic E-state index is 5.25. The normalized spacial score (nSPS) is 36.4. The third kappa shape index (κ3) is 1.10. The maximum atomic E-state index is 5.25. The molecule has 0 N–H and O–H groups in total. The Kier molecular flexibility index (Phi) is 1.68. The van der Waals surface area contributed by atoms with Crippen molar-refractivity contribution in [2.45, 2.75) is 25.8 Å². The van der Waals surface area contributed by atoms with Crippen LogP contribution in [-0.2, 0) is 0 Å². The van der Waals surface area contributed by atoms with Gasteiger partial charge in [0.15, 0.2) is 0 Å². The lowest BCUT2D eigenvalue weighted by atomic mass is 10.2. The Labute approximate surface area is 83.3 Å². The van der Waals surface area contributed by atoms with E-state index in [0.717, 1.165) is 17.7 Å². The van der Waals surface area contributed by atoms with Crippen LogP contribution in [0.15, 0.2) is 10.8 Å². The molecule has 1 aromatic rings. The average Bonchev–Trinajstić information content (AvgIpc) is 2.66. The number of aromatic nitrogens is 2. The molecule has 0 amide bonds. The molecule has 4 nitrogen and oxygen atoms in total. The van der Waals surface area contributed by atoms with Gasteiger partial charge < -0.3 is 9.32 Å². The quantitative estimate of drug-likeness (QED) is 0.706. The van der Waals surface area contributed by atoms with Gasteiger partial charge >= 0.3 is 0 Å². The smallest absolute Gasteiger partial charge is 0.219 e. The van der Waals surface area contributed by atoms with E-state index in [9.17, 15) is 0 Å². The molecule has 2 aliphatic rings. The van der Waals surface area contributed by atoms with Crippen molar-refractivity contribution < 1.29 is 4.42 Å². The van der Waals surface area contributed by atoms with Gasteiger partial charge in [0.05, 0.1) is 0 Å². The average molecular weight is 193 g/mol. The first-order chi connectivity index (χ1) is 6.77. The SMILES string of the molecule is CC(C)N1C[C@@H]2C(c3nnco3)[C@@H]2C1. The zero-order chi connectivity index (χ0) is 9.71. The van der Waals surface area contributed by atoms with E-state index in [4.69, 9.17) is 4.42 Å². The third-order valence-electron chi connectivity index (χ3n) is 3.61. The molecule has 3 rings (SSSR count). The maximum Gasteiger partial charge on any atom is 0.219 e. The molecular weight excluding hydrogens is 178 g/mol. The summed E-state index contributed by atoms with van der Waals surface area (Å²) in [4.78, 5) is 2.53. The van der Waals surface area contributed by atoms with Crippen LogP contribution in [0.5, 0.6) is 0 Å². The summed E-state index contributed by atoms with van der Waals surface area (Å²) in [5.74, 6) is 2.96. The fraction of sp³-hybridized carbons (Fsp3) is 0.800. The Morgan fingerprint density at radius 1 is 1.43 bits per heavy atom. The Bertz CT molecular complexity index is 310. The van der Waals surface area contributed by atoms with E-state index >= 15 is 0 Å². The van der Waals surface area contributed by atoms with Crippen molar-refractivity contribution in [3.63, 3.8) is 0 Å². The monoisotopic (exact) mass is 193 g/mol. The highest BCUT2D eigenvalue weighted by atomic mass is 16.4. The minimum atomic E-state index is 0.562. The van der Waals surface area contributed by atoms with Crippen molar-refractivity contribution in [1.29, 1.82) is 0 Å². The summed E-state index contributed by atoms with van der Waals surface area (Å²) < 4.78 is 5.25. The van der Waals surface area contributed by atoms with E-state index in [1.54, 1.807) is 0 Å². The van der Waals surface area contributed by atoms with E-state index in [1.165, 1.54) is 19.5 Å². The van der Waals surface area contributed by atoms with E-state index in [-0.39, 0.29) is 0 Å². The van der Waals surface area contributed by atoms with Gasteiger partial charge in [-0.05, 0) is 25.7 Å². The Morgan fingerprint density at radius 3 is 2.64 bits per heavy atom. The molecule has 2 fully saturated rings. The molecule has 14 heavy (non-hydrogen) atoms. The molecule has 0 spiro atoms. The summed E-state index contributed by atoms with van der Waals surface area (Å²) in [6.07, 6.45) is 1.43. The summed E-state index contributed by atoms with van der Waals surface area (Å²) in [6, 6.07) is 0.672. The summed E-state index contributed by atoms with van der Waals surface area (Å²) in [6.45, 7) is 6.92. The molecule has 1 aliphatic carbocycles. The molecule has 0 radical (unpaired) electrons. The van der Waals surface area contributed by atoms with E-state index < -0.39 is 0 Å². The molecule has 1 aliphatic heterocycles. The van der Waals surface area contributed by atoms with Gasteiger partial charge in [-0.15, -0.1) is 10.2 Å². The molecule has 2 heterocycles. The highest BCUT2D eigenvalue weighted by Crippen LogP contribution is 2.57. The zero-order valence-electron chi connectivity index (χ0n) is 8.55. The molecule has 0 aromatic carbocycles. The van der Waals surface area contributed by atoms with Crippen LogP contribution in [0.1, 0.15) is 25.7 Å². The third-order valence-corrected chi connectivity index (χ3v) is 3.61. The van der Waals surface area contributed by atoms with Crippen molar-refractivity contribution in [1.82, 2.24) is 15.1 Å². The minimum Gasteiger partial charge on any atom is -0.428 e. The zero-order valence-corrected chi connectivity index (χ0v) is 8.55. The van der Waals surface area contributed by atoms with Gasteiger partial charge in [0.2, 0.25) is 12.3 Å². The number of hydrogen-bond acceptors (Lipinski definition) is 4. The predicted octanol–water partition coefficient (Wildman–Crippen LogP) is 1.12. The number of rotatable bonds is 2. The van der Waals surface area contributed by atoms with Gasteiger partial charge in [-0.2, -0.15) is 0 Å². The van der Waals surface area contributed by atoms with Crippen LogP contribution in [0, 0.1) is 11.8 Å². The van der Waals surface area contributed by atoms with Crippen molar-refractivity contribution in [2.75, 3.05) is 13.1 Å². The molecule has 4 heteroatoms. The molecule has 3 atom stereocenters. The van der Waals surface area contributed by atoms with E-state index in [2.05, 4.69) is 28.9 Å². The lowest BCUT2D eigenvalue weighted by Crippen LogP contribution is -2.31. The minimum absolute atomic E-state index is 0.562. The number of piperidine rings is 1. The van der Waals surface area contributed by atoms with Crippen molar-refractivity contribution in [3.05, 3.63) is 12.3 Å². The van der Waals surface area contributed by atoms with Gasteiger partial charge in [0.25, 0.3) is 0 Å². The van der Waals surface area contributed by atoms with Crippen molar-refractivity contribution in [2.24, 2.45) is 11.8 Å². The first-order valence-electron chi connectivity index (χ1n) is 5.27. The summed E-state index contributed by atoms with van der Waals surface area (Å²) >= 11 is 0. The Morgan fingerprint density at radius 2 is 2.14 bits per heavy atom. The van der Waals surface area contributed by atoms with Crippen molar-refractivity contribution >= 4 is 0 Å². The summed E-state index contributed by atoms with van der Waals surface area (Å²) in [5.41, 5.74) is 0. The second-order valence-corrected chi connectivity index (χ2v) is 4.68. The van der Waals surface area contributed by atoms with Crippen LogP contribution >= 0.6 is 0 Å². The van der Waals surface area contributed by atoms with Crippen LogP contribution in [0.25, 0.3) is 0 Å². The molecule has 1 aromatic heterocycles. The Balaban J connectivity index is 1.67. The predicted molar refractivity (Wildman–Crippen MR) is 50.7 cm³/mol. The van der Waals surface area contributed by atoms with E-state index in [1.807, 2.05) is 0 Å². The largest absolute Gasteiger partial charge is 0.428 e. The number of fused-ring (bicyclic) bond motifs is 1. The lowest BCUT2D eigenvalue weighted by Gasteiger charge is -2.22. The van der Waals surface area contributed by atoms with Gasteiger partial charge in [-0.25, -0.2) is 0 Å². The number of hydrogen-bond donors (Lipinski definition) is 0. The number of likely N-dealkylation sites (tertiary alicyclic amines) is 1. The second kappa shape index (κ2) is 2.79. The standard InChI is InChI=1S/C10H15N3O/c1-6(2)13-3-7-8(4-13)9(7)10-12-11-5-14-10/h5-9H,3-4H2,1-2H3/t7-,8+,9?. The number of nitrogens with zero attached hydrogens (tertiary/aromatic N) is 3. The Hall–Kier alpha value is -0.900. The van der Waals surface area contributed by atoms with Crippen LogP contribution in [0.4, 0.5) is 0 Å². The summed E-state index contributed by atoms with van der Waals surface area (Å²) in [7, 11) is 0.